The molecule has 1 saturated heterocycles. The largest absolute Gasteiger partial charge is 0.377 e. The number of anilines is 1. The minimum absolute atomic E-state index is 0.0870. The van der Waals surface area contributed by atoms with Gasteiger partial charge in [0.1, 0.15) is 17.9 Å². The van der Waals surface area contributed by atoms with Gasteiger partial charge in [0, 0.05) is 37.0 Å². The number of rotatable bonds is 8. The highest BCUT2D eigenvalue weighted by atomic mass is 32.2. The van der Waals surface area contributed by atoms with Crippen LogP contribution in [-0.4, -0.2) is 71.1 Å². The number of nitrogens with two attached hydrogens (primary N) is 1. The van der Waals surface area contributed by atoms with Crippen molar-refractivity contribution in [3.63, 3.8) is 0 Å². The second-order valence-electron chi connectivity index (χ2n) is 10.1. The van der Waals surface area contributed by atoms with Crippen LogP contribution in [0.3, 0.4) is 0 Å². The molecule has 1 aliphatic rings. The predicted octanol–water partition coefficient (Wildman–Crippen LogP) is 3.00. The summed E-state index contributed by atoms with van der Waals surface area (Å²) in [7, 11) is -3.62. The first-order valence-corrected chi connectivity index (χ1v) is 14.3. The van der Waals surface area contributed by atoms with Crippen molar-refractivity contribution in [2.24, 2.45) is 11.7 Å². The highest BCUT2D eigenvalue weighted by Crippen LogP contribution is 2.27. The monoisotopic (exact) mass is 534 g/mol. The van der Waals surface area contributed by atoms with E-state index in [-0.39, 0.29) is 12.0 Å². The van der Waals surface area contributed by atoms with Crippen LogP contribution >= 0.6 is 0 Å². The molecule has 4 N–H and O–H groups in total. The summed E-state index contributed by atoms with van der Waals surface area (Å²) >= 11 is 0. The summed E-state index contributed by atoms with van der Waals surface area (Å²) in [6.45, 7) is 6.38. The van der Waals surface area contributed by atoms with Gasteiger partial charge in [-0.1, -0.05) is 62.4 Å². The van der Waals surface area contributed by atoms with Crippen LogP contribution in [0.4, 0.5) is 5.82 Å². The number of aliphatic hydroxyl groups is 1. The maximum atomic E-state index is 13.5. The fraction of sp³-hybridized carbons (Fsp3) is 0.357. The van der Waals surface area contributed by atoms with Gasteiger partial charge in [-0.3, -0.25) is 4.90 Å². The van der Waals surface area contributed by atoms with E-state index in [9.17, 15) is 13.5 Å². The lowest BCUT2D eigenvalue weighted by molar-refractivity contribution is 0.140. The van der Waals surface area contributed by atoms with Crippen molar-refractivity contribution in [2.45, 2.75) is 37.6 Å². The summed E-state index contributed by atoms with van der Waals surface area (Å²) in [5.41, 5.74) is 6.62. The van der Waals surface area contributed by atoms with Gasteiger partial charge in [-0.25, -0.2) is 18.4 Å². The molecule has 1 aliphatic heterocycles. The number of fused-ring (bicyclic) bond motifs is 2. The lowest BCUT2D eigenvalue weighted by Crippen LogP contribution is -2.48. The van der Waals surface area contributed by atoms with Crippen LogP contribution in [-0.2, 0) is 16.6 Å². The molecule has 2 atom stereocenters. The van der Waals surface area contributed by atoms with Crippen LogP contribution in [0.5, 0.6) is 0 Å². The summed E-state index contributed by atoms with van der Waals surface area (Å²) in [5.74, 6) is 1.35. The molecule has 3 aromatic carbocycles. The highest BCUT2D eigenvalue weighted by Gasteiger charge is 2.30. The number of hydrogen-bond acceptors (Lipinski definition) is 8. The van der Waals surface area contributed by atoms with Gasteiger partial charge in [-0.2, -0.15) is 4.31 Å². The number of sulfonamides is 1. The van der Waals surface area contributed by atoms with Crippen LogP contribution in [0.25, 0.3) is 21.7 Å². The summed E-state index contributed by atoms with van der Waals surface area (Å²) in [6.07, 6.45) is -1.04. The third-order valence-corrected chi connectivity index (χ3v) is 9.06. The lowest BCUT2D eigenvalue weighted by Gasteiger charge is -2.34. The smallest absolute Gasteiger partial charge is 0.243 e. The molecule has 0 aliphatic carbocycles. The van der Waals surface area contributed by atoms with Gasteiger partial charge in [-0.05, 0) is 29.5 Å². The predicted molar refractivity (Wildman–Crippen MR) is 150 cm³/mol. The van der Waals surface area contributed by atoms with E-state index in [4.69, 9.17) is 15.7 Å². The van der Waals surface area contributed by atoms with Crippen molar-refractivity contribution < 1.29 is 13.5 Å². The van der Waals surface area contributed by atoms with E-state index in [0.29, 0.717) is 49.3 Å². The third kappa shape index (κ3) is 5.36. The SMILES string of the molecule is CC(C)[C@H](Nc1nc(CN2CCN(S(=O)(=O)c3cccc4ccccc34)CC2)nc2ccccc12)[C@H](N)O. The van der Waals surface area contributed by atoms with Gasteiger partial charge in [0.05, 0.1) is 23.0 Å². The molecule has 0 unspecified atom stereocenters. The second kappa shape index (κ2) is 10.9. The van der Waals surface area contributed by atoms with Gasteiger partial charge in [0.15, 0.2) is 0 Å². The topological polar surface area (TPSA) is 125 Å². The van der Waals surface area contributed by atoms with Crippen LogP contribution in [0.1, 0.15) is 19.7 Å². The molecular formula is C28H34N6O3S. The number of nitrogens with one attached hydrogen (secondary N) is 1. The Hall–Kier alpha value is -3.15. The molecular weight excluding hydrogens is 500 g/mol. The Morgan fingerprint density at radius 2 is 1.58 bits per heavy atom. The van der Waals surface area contributed by atoms with Crippen LogP contribution in [0.15, 0.2) is 71.6 Å². The van der Waals surface area contributed by atoms with Crippen molar-refractivity contribution in [3.8, 4) is 0 Å². The van der Waals surface area contributed by atoms with Gasteiger partial charge in [-0.15, -0.1) is 0 Å². The lowest BCUT2D eigenvalue weighted by atomic mass is 10.0. The maximum Gasteiger partial charge on any atom is 0.243 e. The van der Waals surface area contributed by atoms with Crippen molar-refractivity contribution >= 4 is 37.5 Å². The molecule has 1 fully saturated rings. The van der Waals surface area contributed by atoms with E-state index in [1.54, 1.807) is 16.4 Å². The average molecular weight is 535 g/mol. The Labute approximate surface area is 223 Å². The highest BCUT2D eigenvalue weighted by molar-refractivity contribution is 7.89. The Balaban J connectivity index is 1.33. The average Bonchev–Trinajstić information content (AvgIpc) is 2.91. The summed E-state index contributed by atoms with van der Waals surface area (Å²) in [5, 5.41) is 15.9. The molecule has 2 heterocycles. The van der Waals surface area contributed by atoms with Crippen molar-refractivity contribution in [1.29, 1.82) is 0 Å². The first kappa shape index (κ1) is 26.5. The Morgan fingerprint density at radius 3 is 2.29 bits per heavy atom. The third-order valence-electron chi connectivity index (χ3n) is 7.10. The number of aromatic nitrogens is 2. The Kier molecular flexibility index (Phi) is 7.60. The van der Waals surface area contributed by atoms with Gasteiger partial charge in [0.25, 0.3) is 0 Å². The van der Waals surface area contributed by atoms with E-state index in [2.05, 4.69) is 10.2 Å². The standard InChI is InChI=1S/C28H34N6O3S/c1-19(2)26(27(29)35)32-28-22-11-5-6-12-23(22)30-25(31-28)18-33-14-16-34(17-15-33)38(36,37)24-13-7-9-20-8-3-4-10-21(20)24/h3-13,19,26-27,35H,14-18,29H2,1-2H3,(H,30,31,32)/t26-,27+/m0/s1. The van der Waals surface area contributed by atoms with E-state index in [0.717, 1.165) is 21.7 Å². The van der Waals surface area contributed by atoms with Gasteiger partial charge >= 0.3 is 0 Å². The fourth-order valence-corrected chi connectivity index (χ4v) is 6.63. The molecule has 200 valence electrons. The van der Waals surface area contributed by atoms with Gasteiger partial charge < -0.3 is 16.2 Å². The number of para-hydroxylation sites is 1. The van der Waals surface area contributed by atoms with E-state index < -0.39 is 16.3 Å². The minimum atomic E-state index is -3.62. The van der Waals surface area contributed by atoms with Crippen molar-refractivity contribution in [2.75, 3.05) is 31.5 Å². The molecule has 0 saturated carbocycles. The Bertz CT molecular complexity index is 1520. The summed E-state index contributed by atoms with van der Waals surface area (Å²) in [4.78, 5) is 12.1. The zero-order valence-corrected chi connectivity index (χ0v) is 22.5. The summed E-state index contributed by atoms with van der Waals surface area (Å²) in [6, 6.07) is 20.3. The van der Waals surface area contributed by atoms with Gasteiger partial charge in [0.2, 0.25) is 10.0 Å². The van der Waals surface area contributed by atoms with Crippen molar-refractivity contribution in [1.82, 2.24) is 19.2 Å². The molecule has 5 rings (SSSR count). The molecule has 0 radical (unpaired) electrons. The van der Waals surface area contributed by atoms with Crippen LogP contribution in [0, 0.1) is 5.92 Å². The number of benzene rings is 3. The fourth-order valence-electron chi connectivity index (χ4n) is 5.00. The zero-order chi connectivity index (χ0) is 26.9. The van der Waals surface area contributed by atoms with E-state index in [1.165, 1.54) is 0 Å². The quantitative estimate of drug-likeness (QED) is 0.295. The number of piperazine rings is 1. The van der Waals surface area contributed by atoms with Crippen LogP contribution < -0.4 is 11.1 Å². The molecule has 38 heavy (non-hydrogen) atoms. The molecule has 1 aromatic heterocycles. The minimum Gasteiger partial charge on any atom is -0.377 e. The van der Waals surface area contributed by atoms with E-state index in [1.807, 2.05) is 68.4 Å². The van der Waals surface area contributed by atoms with Crippen LogP contribution in [0.2, 0.25) is 0 Å². The first-order chi connectivity index (χ1) is 18.2. The molecule has 4 aromatic rings. The normalized spacial score (nSPS) is 17.2. The molecule has 9 nitrogen and oxygen atoms in total. The number of hydrogen-bond donors (Lipinski definition) is 3. The molecule has 0 bridgehead atoms. The molecule has 0 amide bonds. The Morgan fingerprint density at radius 1 is 0.921 bits per heavy atom. The zero-order valence-electron chi connectivity index (χ0n) is 21.7. The number of nitrogens with zero attached hydrogens (tertiary/aromatic N) is 4. The second-order valence-corrected chi connectivity index (χ2v) is 12.0. The van der Waals surface area contributed by atoms with Crippen molar-refractivity contribution in [3.05, 3.63) is 72.6 Å². The number of aliphatic hydroxyl groups excluding tert-OH is 1. The summed E-state index contributed by atoms with van der Waals surface area (Å²) < 4.78 is 28.6. The first-order valence-electron chi connectivity index (χ1n) is 12.9. The maximum absolute atomic E-state index is 13.5. The molecule has 0 spiro atoms. The molecule has 10 heteroatoms. The van der Waals surface area contributed by atoms with E-state index >= 15 is 0 Å².